The number of nitriles is 1. The molecule has 0 aliphatic rings. The van der Waals surface area contributed by atoms with Crippen LogP contribution in [0.1, 0.15) is 40.0 Å². The molecule has 1 unspecified atom stereocenters. The van der Waals surface area contributed by atoms with Crippen molar-refractivity contribution in [1.29, 1.82) is 5.26 Å². The first-order valence-corrected chi connectivity index (χ1v) is 6.52. The van der Waals surface area contributed by atoms with E-state index in [0.717, 1.165) is 6.54 Å². The SMILES string of the molecule is CCC(CC)(CNC(C)CC#N)SC. The fourth-order valence-corrected chi connectivity index (χ4v) is 2.24. The summed E-state index contributed by atoms with van der Waals surface area (Å²) >= 11 is 1.93. The second-order valence-electron chi connectivity index (χ2n) is 3.74. The van der Waals surface area contributed by atoms with Gasteiger partial charge in [0.05, 0.1) is 12.5 Å². The zero-order chi connectivity index (χ0) is 11.0. The molecular formula is C11H22N2S. The first-order chi connectivity index (χ1) is 6.64. The van der Waals surface area contributed by atoms with Crippen molar-refractivity contribution in [2.24, 2.45) is 0 Å². The maximum Gasteiger partial charge on any atom is 0.0638 e. The normalized spacial score (nSPS) is 13.6. The monoisotopic (exact) mass is 214 g/mol. The fourth-order valence-electron chi connectivity index (χ4n) is 1.43. The van der Waals surface area contributed by atoms with Gasteiger partial charge in [-0.15, -0.1) is 0 Å². The molecule has 0 aromatic carbocycles. The van der Waals surface area contributed by atoms with E-state index < -0.39 is 0 Å². The molecule has 0 aliphatic carbocycles. The van der Waals surface area contributed by atoms with E-state index in [1.807, 2.05) is 11.8 Å². The second kappa shape index (κ2) is 7.14. The molecule has 2 nitrogen and oxygen atoms in total. The van der Waals surface area contributed by atoms with Gasteiger partial charge in [-0.05, 0) is 26.0 Å². The standard InChI is InChI=1S/C11H22N2S/c1-5-11(6-2,14-4)9-13-10(3)7-8-12/h10,13H,5-7,9H2,1-4H3. The zero-order valence-corrected chi connectivity index (χ0v) is 10.6. The molecule has 82 valence electrons. The van der Waals surface area contributed by atoms with Gasteiger partial charge in [0.15, 0.2) is 0 Å². The highest BCUT2D eigenvalue weighted by Gasteiger charge is 2.24. The van der Waals surface area contributed by atoms with Gasteiger partial charge in [-0.2, -0.15) is 17.0 Å². The van der Waals surface area contributed by atoms with Crippen LogP contribution in [0.15, 0.2) is 0 Å². The van der Waals surface area contributed by atoms with Gasteiger partial charge in [0.1, 0.15) is 0 Å². The minimum atomic E-state index is 0.310. The van der Waals surface area contributed by atoms with Crippen LogP contribution < -0.4 is 5.32 Å². The highest BCUT2D eigenvalue weighted by Crippen LogP contribution is 2.29. The summed E-state index contributed by atoms with van der Waals surface area (Å²) in [7, 11) is 0. The number of thioether (sulfide) groups is 1. The predicted molar refractivity (Wildman–Crippen MR) is 64.5 cm³/mol. The van der Waals surface area contributed by atoms with E-state index in [1.165, 1.54) is 12.8 Å². The molecule has 0 aliphatic heterocycles. The Morgan fingerprint density at radius 2 is 2.00 bits per heavy atom. The molecule has 14 heavy (non-hydrogen) atoms. The third-order valence-electron chi connectivity index (χ3n) is 2.89. The summed E-state index contributed by atoms with van der Waals surface area (Å²) in [4.78, 5) is 0. The minimum Gasteiger partial charge on any atom is -0.312 e. The Bertz CT molecular complexity index is 174. The Kier molecular flexibility index (Phi) is 7.04. The van der Waals surface area contributed by atoms with Crippen LogP contribution in [-0.2, 0) is 0 Å². The van der Waals surface area contributed by atoms with Crippen molar-refractivity contribution >= 4 is 11.8 Å². The van der Waals surface area contributed by atoms with Crippen LogP contribution in [0.3, 0.4) is 0 Å². The quantitative estimate of drug-likeness (QED) is 0.708. The van der Waals surface area contributed by atoms with Gasteiger partial charge in [0, 0.05) is 17.3 Å². The summed E-state index contributed by atoms with van der Waals surface area (Å²) in [5.41, 5.74) is 0. The van der Waals surface area contributed by atoms with E-state index in [0.29, 0.717) is 17.2 Å². The Morgan fingerprint density at radius 3 is 2.36 bits per heavy atom. The molecule has 0 saturated carbocycles. The topological polar surface area (TPSA) is 35.8 Å². The molecule has 0 aromatic rings. The van der Waals surface area contributed by atoms with Crippen molar-refractivity contribution in [2.75, 3.05) is 12.8 Å². The molecule has 0 rings (SSSR count). The van der Waals surface area contributed by atoms with E-state index in [1.54, 1.807) is 0 Å². The number of hydrogen-bond acceptors (Lipinski definition) is 3. The van der Waals surface area contributed by atoms with Crippen LogP contribution in [0.2, 0.25) is 0 Å². The molecule has 3 heteroatoms. The van der Waals surface area contributed by atoms with Crippen molar-refractivity contribution in [3.63, 3.8) is 0 Å². The third kappa shape index (κ3) is 4.34. The lowest BCUT2D eigenvalue weighted by Gasteiger charge is -2.31. The molecule has 0 spiro atoms. The summed E-state index contributed by atoms with van der Waals surface area (Å²) in [6.07, 6.45) is 5.12. The van der Waals surface area contributed by atoms with Gasteiger partial charge in [-0.25, -0.2) is 0 Å². The van der Waals surface area contributed by atoms with Crippen molar-refractivity contribution in [1.82, 2.24) is 5.32 Å². The van der Waals surface area contributed by atoms with Crippen LogP contribution in [0.4, 0.5) is 0 Å². The zero-order valence-electron chi connectivity index (χ0n) is 9.76. The Hall–Kier alpha value is -0.200. The van der Waals surface area contributed by atoms with E-state index in [2.05, 4.69) is 38.4 Å². The molecule has 0 amide bonds. The summed E-state index contributed by atoms with van der Waals surface area (Å²) in [6, 6.07) is 2.50. The molecule has 1 atom stereocenters. The van der Waals surface area contributed by atoms with Crippen LogP contribution in [0.5, 0.6) is 0 Å². The van der Waals surface area contributed by atoms with Gasteiger partial charge < -0.3 is 5.32 Å². The molecule has 0 radical (unpaired) electrons. The maximum atomic E-state index is 8.54. The maximum absolute atomic E-state index is 8.54. The van der Waals surface area contributed by atoms with Gasteiger partial charge in [0.25, 0.3) is 0 Å². The van der Waals surface area contributed by atoms with Gasteiger partial charge in [-0.3, -0.25) is 0 Å². The Balaban J connectivity index is 4.00. The lowest BCUT2D eigenvalue weighted by Crippen LogP contribution is -2.40. The molecule has 1 N–H and O–H groups in total. The largest absolute Gasteiger partial charge is 0.312 e. The highest BCUT2D eigenvalue weighted by atomic mass is 32.2. The van der Waals surface area contributed by atoms with E-state index in [4.69, 9.17) is 5.26 Å². The Morgan fingerprint density at radius 1 is 1.43 bits per heavy atom. The second-order valence-corrected chi connectivity index (χ2v) is 5.01. The van der Waals surface area contributed by atoms with E-state index in [-0.39, 0.29) is 0 Å². The number of nitrogens with one attached hydrogen (secondary N) is 1. The summed E-state index contributed by atoms with van der Waals surface area (Å²) in [5, 5.41) is 12.0. The van der Waals surface area contributed by atoms with Crippen LogP contribution in [-0.4, -0.2) is 23.6 Å². The fraction of sp³-hybridized carbons (Fsp3) is 0.909. The minimum absolute atomic E-state index is 0.310. The van der Waals surface area contributed by atoms with Crippen molar-refractivity contribution < 1.29 is 0 Å². The molecule has 0 heterocycles. The number of rotatable bonds is 7. The average Bonchev–Trinajstić information content (AvgIpc) is 2.21. The van der Waals surface area contributed by atoms with Gasteiger partial charge in [-0.1, -0.05) is 13.8 Å². The number of hydrogen-bond donors (Lipinski definition) is 1. The third-order valence-corrected chi connectivity index (χ3v) is 4.48. The summed E-state index contributed by atoms with van der Waals surface area (Å²) in [6.45, 7) is 7.54. The first kappa shape index (κ1) is 13.8. The molecule has 0 fully saturated rings. The van der Waals surface area contributed by atoms with Crippen molar-refractivity contribution in [2.45, 2.75) is 50.8 Å². The first-order valence-electron chi connectivity index (χ1n) is 5.29. The van der Waals surface area contributed by atoms with Crippen LogP contribution >= 0.6 is 11.8 Å². The molecule has 0 aromatic heterocycles. The Labute approximate surface area is 92.5 Å². The van der Waals surface area contributed by atoms with Crippen LogP contribution in [0, 0.1) is 11.3 Å². The van der Waals surface area contributed by atoms with Crippen molar-refractivity contribution in [3.05, 3.63) is 0 Å². The van der Waals surface area contributed by atoms with Gasteiger partial charge in [0.2, 0.25) is 0 Å². The van der Waals surface area contributed by atoms with E-state index in [9.17, 15) is 0 Å². The predicted octanol–water partition coefficient (Wildman–Crippen LogP) is 2.80. The number of nitrogens with zero attached hydrogens (tertiary/aromatic N) is 1. The molecular weight excluding hydrogens is 192 g/mol. The lowest BCUT2D eigenvalue weighted by molar-refractivity contribution is 0.455. The average molecular weight is 214 g/mol. The van der Waals surface area contributed by atoms with Crippen molar-refractivity contribution in [3.8, 4) is 6.07 Å². The smallest absolute Gasteiger partial charge is 0.0638 e. The van der Waals surface area contributed by atoms with Gasteiger partial charge >= 0.3 is 0 Å². The lowest BCUT2D eigenvalue weighted by atomic mass is 10.0. The summed E-state index contributed by atoms with van der Waals surface area (Å²) in [5.74, 6) is 0. The summed E-state index contributed by atoms with van der Waals surface area (Å²) < 4.78 is 0.351. The van der Waals surface area contributed by atoms with Crippen LogP contribution in [0.25, 0.3) is 0 Å². The molecule has 0 saturated heterocycles. The highest BCUT2D eigenvalue weighted by molar-refractivity contribution is 8.00. The molecule has 0 bridgehead atoms. The van der Waals surface area contributed by atoms with E-state index >= 15 is 0 Å².